The van der Waals surface area contributed by atoms with Gasteiger partial charge >= 0.3 is 5.97 Å². The Morgan fingerprint density at radius 1 is 1.13 bits per heavy atom. The van der Waals surface area contributed by atoms with E-state index in [1.807, 2.05) is 0 Å². The van der Waals surface area contributed by atoms with Crippen molar-refractivity contribution in [3.8, 4) is 11.4 Å². The molecule has 3 aliphatic rings. The van der Waals surface area contributed by atoms with Gasteiger partial charge in [0.1, 0.15) is 11.5 Å². The highest BCUT2D eigenvalue weighted by atomic mass is 19.1. The molecule has 31 heavy (non-hydrogen) atoms. The summed E-state index contributed by atoms with van der Waals surface area (Å²) in [6.07, 6.45) is 4.68. The second kappa shape index (κ2) is 7.51. The van der Waals surface area contributed by atoms with Crippen molar-refractivity contribution in [1.29, 1.82) is 0 Å². The van der Waals surface area contributed by atoms with Gasteiger partial charge in [-0.25, -0.2) is 23.1 Å². The van der Waals surface area contributed by atoms with E-state index >= 15 is 0 Å². The highest BCUT2D eigenvalue weighted by Crippen LogP contribution is 2.47. The molecule has 162 valence electrons. The lowest BCUT2D eigenvalue weighted by Crippen LogP contribution is -2.52. The van der Waals surface area contributed by atoms with Crippen LogP contribution in [0.25, 0.3) is 22.4 Å². The smallest absolute Gasteiger partial charge is 0.311 e. The molecule has 0 spiro atoms. The molecule has 3 heterocycles. The fourth-order valence-electron chi connectivity index (χ4n) is 5.09. The largest absolute Gasteiger partial charge is 0.469 e. The number of nitrogens with zero attached hydrogens (tertiary/aromatic N) is 3. The number of anilines is 1. The van der Waals surface area contributed by atoms with Crippen LogP contribution in [-0.2, 0) is 9.53 Å². The summed E-state index contributed by atoms with van der Waals surface area (Å²) in [5, 5.41) is 9.83. The summed E-state index contributed by atoms with van der Waals surface area (Å²) in [6, 6.07) is 1.52. The zero-order valence-electron chi connectivity index (χ0n) is 16.7. The fraction of sp³-hybridized carbons (Fsp3) is 0.429. The standard InChI is InChI=1S/C21H20F3N5O2/c1-31-21(30)15-9-2-4-10(5-3-9)16(15)26-20-14(24)7-13(23)18(27-20)17-12-6-11(22)8-25-19(12)29-28-17/h6-10,15-16H,2-5H2,1H3,(H,26,27)(H,25,28,29)/t9?,10?,15-,16?/m0/s1. The molecule has 0 aliphatic heterocycles. The molecule has 3 fully saturated rings. The van der Waals surface area contributed by atoms with Crippen LogP contribution >= 0.6 is 0 Å². The Kier molecular flexibility index (Phi) is 4.79. The van der Waals surface area contributed by atoms with Gasteiger partial charge in [-0.2, -0.15) is 5.10 Å². The summed E-state index contributed by atoms with van der Waals surface area (Å²) < 4.78 is 48.0. The maximum atomic E-state index is 14.7. The van der Waals surface area contributed by atoms with Gasteiger partial charge in [0.05, 0.1) is 30.3 Å². The van der Waals surface area contributed by atoms with E-state index in [-0.39, 0.29) is 52.1 Å². The van der Waals surface area contributed by atoms with Crippen molar-refractivity contribution in [2.75, 3.05) is 12.4 Å². The zero-order chi connectivity index (χ0) is 21.7. The molecule has 2 atom stereocenters. The number of rotatable bonds is 4. The van der Waals surface area contributed by atoms with Gasteiger partial charge in [-0.15, -0.1) is 0 Å². The average molecular weight is 431 g/mol. The van der Waals surface area contributed by atoms with Crippen molar-refractivity contribution < 1.29 is 22.7 Å². The Morgan fingerprint density at radius 2 is 1.87 bits per heavy atom. The van der Waals surface area contributed by atoms with Gasteiger partial charge in [-0.1, -0.05) is 0 Å². The van der Waals surface area contributed by atoms with E-state index in [1.165, 1.54) is 7.11 Å². The number of aromatic amines is 1. The van der Waals surface area contributed by atoms with E-state index in [9.17, 15) is 18.0 Å². The number of hydrogen-bond donors (Lipinski definition) is 2. The summed E-state index contributed by atoms with van der Waals surface area (Å²) in [7, 11) is 1.34. The van der Waals surface area contributed by atoms with E-state index in [2.05, 4.69) is 25.5 Å². The molecule has 0 radical (unpaired) electrons. The number of hydrogen-bond acceptors (Lipinski definition) is 6. The number of fused-ring (bicyclic) bond motifs is 4. The summed E-state index contributed by atoms with van der Waals surface area (Å²) in [4.78, 5) is 20.4. The molecule has 3 aliphatic carbocycles. The molecule has 6 rings (SSSR count). The van der Waals surface area contributed by atoms with Crippen LogP contribution in [0.5, 0.6) is 0 Å². The number of ether oxygens (including phenoxy) is 1. The molecule has 10 heteroatoms. The van der Waals surface area contributed by atoms with Gasteiger partial charge < -0.3 is 10.1 Å². The quantitative estimate of drug-likeness (QED) is 0.610. The van der Waals surface area contributed by atoms with E-state index in [4.69, 9.17) is 4.74 Å². The maximum absolute atomic E-state index is 14.7. The minimum Gasteiger partial charge on any atom is -0.469 e. The molecule has 2 N–H and O–H groups in total. The van der Waals surface area contributed by atoms with E-state index in [1.54, 1.807) is 0 Å². The van der Waals surface area contributed by atoms with Crippen LogP contribution in [-0.4, -0.2) is 39.3 Å². The van der Waals surface area contributed by atoms with Crippen LogP contribution in [0, 0.1) is 35.2 Å². The van der Waals surface area contributed by atoms with Crippen molar-refractivity contribution in [1.82, 2.24) is 20.2 Å². The third kappa shape index (κ3) is 3.30. The van der Waals surface area contributed by atoms with Crippen molar-refractivity contribution in [2.24, 2.45) is 17.8 Å². The molecular formula is C21H20F3N5O2. The van der Waals surface area contributed by atoms with E-state index < -0.39 is 23.4 Å². The highest BCUT2D eigenvalue weighted by Gasteiger charge is 2.48. The third-order valence-electron chi connectivity index (χ3n) is 6.54. The lowest BCUT2D eigenvalue weighted by Gasteiger charge is -2.47. The van der Waals surface area contributed by atoms with Crippen LogP contribution in [0.3, 0.4) is 0 Å². The molecule has 2 bridgehead atoms. The number of aromatic nitrogens is 4. The van der Waals surface area contributed by atoms with E-state index in [0.717, 1.165) is 44.0 Å². The normalized spacial score (nSPS) is 25.0. The topological polar surface area (TPSA) is 92.8 Å². The number of halogens is 3. The van der Waals surface area contributed by atoms with Gasteiger partial charge in [0.15, 0.2) is 23.1 Å². The SMILES string of the molecule is COC(=O)[C@H]1C2CCC(CC2)C1Nc1nc(-c2[nH]nc3ncc(F)cc23)c(F)cc1F. The first-order valence-electron chi connectivity index (χ1n) is 10.2. The lowest BCUT2D eigenvalue weighted by atomic mass is 9.61. The number of carbonyl (C=O) groups is 1. The van der Waals surface area contributed by atoms with Crippen molar-refractivity contribution in [3.63, 3.8) is 0 Å². The van der Waals surface area contributed by atoms with Gasteiger partial charge in [0, 0.05) is 12.1 Å². The number of esters is 1. The molecule has 7 nitrogen and oxygen atoms in total. The Bertz CT molecular complexity index is 1160. The number of pyridine rings is 2. The molecule has 0 amide bonds. The Labute approximate surface area is 175 Å². The van der Waals surface area contributed by atoms with Gasteiger partial charge in [-0.05, 0) is 43.6 Å². The number of methoxy groups -OCH3 is 1. The van der Waals surface area contributed by atoms with Crippen molar-refractivity contribution in [2.45, 2.75) is 31.7 Å². The van der Waals surface area contributed by atoms with Gasteiger partial charge in [-0.3, -0.25) is 9.89 Å². The fourth-order valence-corrected chi connectivity index (χ4v) is 5.09. The monoisotopic (exact) mass is 431 g/mol. The van der Waals surface area contributed by atoms with Crippen LogP contribution in [0.15, 0.2) is 18.3 Å². The lowest BCUT2D eigenvalue weighted by molar-refractivity contribution is -0.152. The van der Waals surface area contributed by atoms with Crippen molar-refractivity contribution in [3.05, 3.63) is 35.8 Å². The molecule has 3 saturated carbocycles. The van der Waals surface area contributed by atoms with E-state index in [0.29, 0.717) is 0 Å². The number of carbonyl (C=O) groups excluding carboxylic acids is 1. The van der Waals surface area contributed by atoms with Crippen molar-refractivity contribution >= 4 is 22.8 Å². The first-order valence-corrected chi connectivity index (χ1v) is 10.2. The predicted octanol–water partition coefficient (Wildman–Crippen LogP) is 3.83. The van der Waals surface area contributed by atoms with Gasteiger partial charge in [0.25, 0.3) is 0 Å². The average Bonchev–Trinajstić information content (AvgIpc) is 3.18. The predicted molar refractivity (Wildman–Crippen MR) is 105 cm³/mol. The molecule has 1 unspecified atom stereocenters. The Morgan fingerprint density at radius 3 is 2.61 bits per heavy atom. The highest BCUT2D eigenvalue weighted by molar-refractivity contribution is 5.90. The minimum absolute atomic E-state index is 0.0947. The first kappa shape index (κ1) is 19.8. The third-order valence-corrected chi connectivity index (χ3v) is 6.54. The Hall–Kier alpha value is -3.17. The summed E-state index contributed by atoms with van der Waals surface area (Å²) in [5.74, 6) is -3.02. The van der Waals surface area contributed by atoms with Crippen LogP contribution in [0.2, 0.25) is 0 Å². The molecule has 0 saturated heterocycles. The molecular weight excluding hydrogens is 411 g/mol. The summed E-state index contributed by atoms with van der Waals surface area (Å²) in [6.45, 7) is 0. The number of H-pyrrole nitrogens is 1. The summed E-state index contributed by atoms with van der Waals surface area (Å²) >= 11 is 0. The maximum Gasteiger partial charge on any atom is 0.311 e. The Balaban J connectivity index is 1.54. The molecule has 0 aromatic carbocycles. The second-order valence-electron chi connectivity index (χ2n) is 8.17. The molecule has 3 aromatic rings. The number of nitrogens with one attached hydrogen (secondary N) is 2. The van der Waals surface area contributed by atoms with Crippen LogP contribution in [0.4, 0.5) is 19.0 Å². The van der Waals surface area contributed by atoms with Crippen LogP contribution in [0.1, 0.15) is 25.7 Å². The molecule has 3 aromatic heterocycles. The minimum atomic E-state index is -0.924. The first-order chi connectivity index (χ1) is 15.0. The second-order valence-corrected chi connectivity index (χ2v) is 8.17. The summed E-state index contributed by atoms with van der Waals surface area (Å²) in [5.41, 5.74) is 0.0680. The zero-order valence-corrected chi connectivity index (χ0v) is 16.7. The van der Waals surface area contributed by atoms with Crippen LogP contribution < -0.4 is 5.32 Å². The van der Waals surface area contributed by atoms with Gasteiger partial charge in [0.2, 0.25) is 0 Å².